The van der Waals surface area contributed by atoms with Crippen LogP contribution >= 0.6 is 0 Å². The smallest absolute Gasteiger partial charge is 0.269 e. The third kappa shape index (κ3) is 3.47. The van der Waals surface area contributed by atoms with E-state index in [2.05, 4.69) is 55.8 Å². The van der Waals surface area contributed by atoms with Crippen molar-refractivity contribution in [1.82, 2.24) is 0 Å². The van der Waals surface area contributed by atoms with Gasteiger partial charge in [-0.1, -0.05) is 13.0 Å². The number of nitro groups is 1. The maximum absolute atomic E-state index is 10.7. The highest BCUT2D eigenvalue weighted by atomic mass is 16.6. The van der Waals surface area contributed by atoms with Crippen LogP contribution in [0.1, 0.15) is 51.2 Å². The zero-order chi connectivity index (χ0) is 18.9. The second-order valence-corrected chi connectivity index (χ2v) is 7.51. The molecule has 1 aliphatic heterocycles. The molecule has 0 N–H and O–H groups in total. The number of hydrogen-bond acceptors (Lipinski definition) is 4. The van der Waals surface area contributed by atoms with E-state index in [0.29, 0.717) is 11.6 Å². The largest absolute Gasteiger partial charge is 0.366 e. The molecule has 2 aromatic carbocycles. The first kappa shape index (κ1) is 18.1. The molecular weight excluding hydrogens is 326 g/mol. The molecule has 0 saturated carbocycles. The molecule has 5 heteroatoms. The fourth-order valence-electron chi connectivity index (χ4n) is 4.00. The molecule has 0 radical (unpaired) electrons. The van der Waals surface area contributed by atoms with Gasteiger partial charge in [-0.15, -0.1) is 0 Å². The minimum Gasteiger partial charge on any atom is -0.366 e. The predicted molar refractivity (Wildman–Crippen MR) is 107 cm³/mol. The van der Waals surface area contributed by atoms with Crippen LogP contribution in [0.2, 0.25) is 0 Å². The molecule has 0 fully saturated rings. The van der Waals surface area contributed by atoms with E-state index in [-0.39, 0.29) is 11.2 Å². The predicted octanol–water partition coefficient (Wildman–Crippen LogP) is 5.46. The Balaban J connectivity index is 1.87. The molecule has 1 atom stereocenters. The maximum Gasteiger partial charge on any atom is 0.269 e. The van der Waals surface area contributed by atoms with Crippen molar-refractivity contribution in [1.29, 1.82) is 0 Å². The van der Waals surface area contributed by atoms with Gasteiger partial charge in [0.2, 0.25) is 0 Å². The zero-order valence-electron chi connectivity index (χ0n) is 15.8. The fourth-order valence-corrected chi connectivity index (χ4v) is 4.00. The second kappa shape index (κ2) is 6.90. The third-order valence-electron chi connectivity index (χ3n) is 5.15. The highest BCUT2D eigenvalue weighted by molar-refractivity contribution is 5.83. The number of aliphatic imine (C=N–C) groups is 1. The minimum atomic E-state index is -0.403. The van der Waals surface area contributed by atoms with Crippen molar-refractivity contribution in [3.63, 3.8) is 0 Å². The van der Waals surface area contributed by atoms with Crippen LogP contribution < -0.4 is 4.90 Å². The van der Waals surface area contributed by atoms with Crippen LogP contribution in [0.15, 0.2) is 47.5 Å². The number of rotatable bonds is 4. The first-order chi connectivity index (χ1) is 12.3. The van der Waals surface area contributed by atoms with Gasteiger partial charge in [0, 0.05) is 36.1 Å². The van der Waals surface area contributed by atoms with Crippen LogP contribution in [-0.4, -0.2) is 23.2 Å². The molecule has 3 rings (SSSR count). The normalized spacial score (nSPS) is 18.8. The Morgan fingerprint density at radius 3 is 2.58 bits per heavy atom. The fraction of sp³-hybridized carbons (Fsp3) is 0.381. The van der Waals surface area contributed by atoms with Crippen LogP contribution in [-0.2, 0) is 0 Å². The summed E-state index contributed by atoms with van der Waals surface area (Å²) in [6, 6.07) is 12.8. The van der Waals surface area contributed by atoms with Crippen LogP contribution in [0.4, 0.5) is 17.1 Å². The topological polar surface area (TPSA) is 58.7 Å². The van der Waals surface area contributed by atoms with Crippen molar-refractivity contribution in [2.75, 3.05) is 11.4 Å². The molecule has 5 nitrogen and oxygen atoms in total. The number of non-ortho nitro benzene ring substituents is 1. The summed E-state index contributed by atoms with van der Waals surface area (Å²) in [5, 5.41) is 10.7. The molecule has 136 valence electrons. The minimum absolute atomic E-state index is 0.0776. The van der Waals surface area contributed by atoms with Crippen molar-refractivity contribution < 1.29 is 4.92 Å². The van der Waals surface area contributed by atoms with E-state index in [9.17, 15) is 10.1 Å². The van der Waals surface area contributed by atoms with Gasteiger partial charge < -0.3 is 4.90 Å². The van der Waals surface area contributed by atoms with Gasteiger partial charge in [-0.25, -0.2) is 0 Å². The van der Waals surface area contributed by atoms with Crippen molar-refractivity contribution >= 4 is 23.3 Å². The van der Waals surface area contributed by atoms with E-state index in [1.54, 1.807) is 12.1 Å². The van der Waals surface area contributed by atoms with Crippen molar-refractivity contribution in [3.8, 4) is 0 Å². The molecule has 0 amide bonds. The van der Waals surface area contributed by atoms with E-state index >= 15 is 0 Å². The summed E-state index contributed by atoms with van der Waals surface area (Å²) in [5.41, 5.74) is 4.66. The van der Waals surface area contributed by atoms with Crippen LogP contribution in [0.5, 0.6) is 0 Å². The molecule has 2 aromatic rings. The molecule has 0 spiro atoms. The molecule has 1 unspecified atom stereocenters. The van der Waals surface area contributed by atoms with Crippen LogP contribution in [0.25, 0.3) is 0 Å². The Morgan fingerprint density at radius 2 is 1.96 bits per heavy atom. The van der Waals surface area contributed by atoms with Gasteiger partial charge in [-0.3, -0.25) is 15.1 Å². The standard InChI is InChI=1S/C21H25N3O2/c1-5-23-20-11-6-16(12-19(20)15(2)13-21(23,3)4)14-22-17-7-9-18(10-8-17)24(25)26/h6-12,14-15H,5,13H2,1-4H3. The highest BCUT2D eigenvalue weighted by Crippen LogP contribution is 2.43. The quantitative estimate of drug-likeness (QED) is 0.417. The van der Waals surface area contributed by atoms with Crippen molar-refractivity contribution in [3.05, 3.63) is 63.7 Å². The van der Waals surface area contributed by atoms with Gasteiger partial charge in [0.15, 0.2) is 0 Å². The summed E-state index contributed by atoms with van der Waals surface area (Å²) in [7, 11) is 0. The SMILES string of the molecule is CCN1c2ccc(C=Nc3ccc([N+](=O)[O-])cc3)cc2C(C)CC1(C)C. The van der Waals surface area contributed by atoms with E-state index in [4.69, 9.17) is 0 Å². The van der Waals surface area contributed by atoms with Gasteiger partial charge in [0.25, 0.3) is 5.69 Å². The molecule has 0 aliphatic carbocycles. The molecule has 1 heterocycles. The molecule has 26 heavy (non-hydrogen) atoms. The number of fused-ring (bicyclic) bond motifs is 1. The van der Waals surface area contributed by atoms with Gasteiger partial charge in [-0.2, -0.15) is 0 Å². The van der Waals surface area contributed by atoms with Crippen LogP contribution in [0, 0.1) is 10.1 Å². The van der Waals surface area contributed by atoms with Gasteiger partial charge >= 0.3 is 0 Å². The van der Waals surface area contributed by atoms with Crippen LogP contribution in [0.3, 0.4) is 0 Å². The molecule has 0 bridgehead atoms. The van der Waals surface area contributed by atoms with Crippen molar-refractivity contribution in [2.24, 2.45) is 4.99 Å². The zero-order valence-corrected chi connectivity index (χ0v) is 15.8. The summed E-state index contributed by atoms with van der Waals surface area (Å²) < 4.78 is 0. The Hall–Kier alpha value is -2.69. The first-order valence-corrected chi connectivity index (χ1v) is 9.02. The summed E-state index contributed by atoms with van der Waals surface area (Å²) in [6.07, 6.45) is 2.95. The lowest BCUT2D eigenvalue weighted by molar-refractivity contribution is -0.384. The lowest BCUT2D eigenvalue weighted by Crippen LogP contribution is -2.48. The Morgan fingerprint density at radius 1 is 1.27 bits per heavy atom. The lowest BCUT2D eigenvalue weighted by Gasteiger charge is -2.47. The molecule has 0 saturated heterocycles. The Kier molecular flexibility index (Phi) is 4.81. The third-order valence-corrected chi connectivity index (χ3v) is 5.15. The highest BCUT2D eigenvalue weighted by Gasteiger charge is 2.35. The summed E-state index contributed by atoms with van der Waals surface area (Å²) in [4.78, 5) is 17.2. The number of nitro benzene ring substituents is 1. The summed E-state index contributed by atoms with van der Waals surface area (Å²) in [6.45, 7) is 10.1. The number of hydrogen-bond donors (Lipinski definition) is 0. The average Bonchev–Trinajstić information content (AvgIpc) is 2.60. The van der Waals surface area contributed by atoms with E-state index in [1.807, 2.05) is 6.21 Å². The lowest BCUT2D eigenvalue weighted by atomic mass is 9.79. The number of benzene rings is 2. The van der Waals surface area contributed by atoms with Gasteiger partial charge in [0.1, 0.15) is 0 Å². The molecular formula is C21H25N3O2. The number of nitrogens with zero attached hydrogens (tertiary/aromatic N) is 3. The monoisotopic (exact) mass is 351 g/mol. The summed E-state index contributed by atoms with van der Waals surface area (Å²) >= 11 is 0. The Bertz CT molecular complexity index is 841. The van der Waals surface area contributed by atoms with Gasteiger partial charge in [0.05, 0.1) is 10.6 Å². The molecule has 1 aliphatic rings. The number of anilines is 1. The Labute approximate surface area is 154 Å². The maximum atomic E-state index is 10.7. The van der Waals surface area contributed by atoms with E-state index < -0.39 is 4.92 Å². The van der Waals surface area contributed by atoms with Gasteiger partial charge in [-0.05, 0) is 68.5 Å². The first-order valence-electron chi connectivity index (χ1n) is 9.02. The second-order valence-electron chi connectivity index (χ2n) is 7.51. The summed E-state index contributed by atoms with van der Waals surface area (Å²) in [5.74, 6) is 0.496. The van der Waals surface area contributed by atoms with E-state index in [1.165, 1.54) is 23.4 Å². The van der Waals surface area contributed by atoms with Crippen molar-refractivity contribution in [2.45, 2.75) is 45.6 Å². The molecule has 0 aromatic heterocycles. The van der Waals surface area contributed by atoms with E-state index in [0.717, 1.165) is 18.5 Å². The average molecular weight is 351 g/mol.